The van der Waals surface area contributed by atoms with Gasteiger partial charge in [0.25, 0.3) is 0 Å². The van der Waals surface area contributed by atoms with Crippen molar-refractivity contribution < 1.29 is 9.18 Å². The molecule has 100 valence electrons. The molecule has 0 fully saturated rings. The number of halogens is 1. The molecule has 0 saturated carbocycles. The fourth-order valence-corrected chi connectivity index (χ4v) is 1.68. The van der Waals surface area contributed by atoms with E-state index in [4.69, 9.17) is 5.26 Å². The highest BCUT2D eigenvalue weighted by atomic mass is 19.1. The molecule has 5 heteroatoms. The smallest absolute Gasteiger partial charge is 0.243 e. The topological polar surface area (TPSA) is 64.9 Å². The monoisotopic (exact) mass is 269 g/mol. The van der Waals surface area contributed by atoms with Gasteiger partial charge in [-0.15, -0.1) is 0 Å². The van der Waals surface area contributed by atoms with Gasteiger partial charge in [0.15, 0.2) is 0 Å². The zero-order valence-electron chi connectivity index (χ0n) is 10.6. The number of amides is 1. The minimum Gasteiger partial charge on any atom is -0.375 e. The molecule has 0 radical (unpaired) electrons. The molecule has 2 rings (SSSR count). The van der Waals surface area contributed by atoms with Gasteiger partial charge in [0.1, 0.15) is 11.9 Å². The molecule has 0 unspecified atom stereocenters. The molecular formula is C15H12FN3O. The Bertz CT molecular complexity index is 664. The summed E-state index contributed by atoms with van der Waals surface area (Å²) >= 11 is 0. The minimum absolute atomic E-state index is 0.00476. The van der Waals surface area contributed by atoms with E-state index < -0.39 is 5.82 Å². The zero-order valence-corrected chi connectivity index (χ0v) is 10.6. The molecule has 0 saturated heterocycles. The summed E-state index contributed by atoms with van der Waals surface area (Å²) in [7, 11) is 0. The van der Waals surface area contributed by atoms with E-state index in [0.717, 1.165) is 0 Å². The Balaban J connectivity index is 1.94. The molecule has 0 aromatic heterocycles. The molecule has 0 spiro atoms. The maximum absolute atomic E-state index is 13.0. The van der Waals surface area contributed by atoms with Gasteiger partial charge in [0, 0.05) is 5.69 Å². The van der Waals surface area contributed by atoms with Crippen LogP contribution < -0.4 is 10.6 Å². The Morgan fingerprint density at radius 2 is 2.00 bits per heavy atom. The Hall–Kier alpha value is -2.87. The van der Waals surface area contributed by atoms with E-state index in [2.05, 4.69) is 10.6 Å². The van der Waals surface area contributed by atoms with Crippen LogP contribution in [0.3, 0.4) is 0 Å². The summed E-state index contributed by atoms with van der Waals surface area (Å²) in [5.41, 5.74) is 1.45. The van der Waals surface area contributed by atoms with Crippen LogP contribution in [0, 0.1) is 17.1 Å². The predicted octanol–water partition coefficient (Wildman–Crippen LogP) is 2.75. The first kappa shape index (κ1) is 13.6. The van der Waals surface area contributed by atoms with Crippen molar-refractivity contribution in [3.05, 3.63) is 59.9 Å². The van der Waals surface area contributed by atoms with Crippen molar-refractivity contribution in [3.63, 3.8) is 0 Å². The molecule has 4 nitrogen and oxygen atoms in total. The highest BCUT2D eigenvalue weighted by molar-refractivity contribution is 5.93. The molecule has 0 aliphatic heterocycles. The maximum Gasteiger partial charge on any atom is 0.243 e. The summed E-state index contributed by atoms with van der Waals surface area (Å²) in [5, 5.41) is 14.4. The molecule has 2 N–H and O–H groups in total. The van der Waals surface area contributed by atoms with Gasteiger partial charge in [-0.2, -0.15) is 5.26 Å². The molecule has 0 aliphatic carbocycles. The first-order chi connectivity index (χ1) is 9.69. The average Bonchev–Trinajstić information content (AvgIpc) is 2.45. The third-order valence-corrected chi connectivity index (χ3v) is 2.60. The van der Waals surface area contributed by atoms with Gasteiger partial charge in [0.2, 0.25) is 5.91 Å². The molecule has 0 bridgehead atoms. The lowest BCUT2D eigenvalue weighted by atomic mass is 10.2. The molecule has 20 heavy (non-hydrogen) atoms. The molecule has 2 aromatic rings. The molecule has 1 amide bonds. The lowest BCUT2D eigenvalue weighted by Gasteiger charge is -2.08. The summed E-state index contributed by atoms with van der Waals surface area (Å²) in [6.07, 6.45) is 0. The van der Waals surface area contributed by atoms with Crippen molar-refractivity contribution in [2.75, 3.05) is 17.2 Å². The van der Waals surface area contributed by atoms with Crippen LogP contribution >= 0.6 is 0 Å². The van der Waals surface area contributed by atoms with E-state index in [1.165, 1.54) is 18.2 Å². The number of nitrogens with zero attached hydrogens (tertiary/aromatic N) is 1. The second-order valence-corrected chi connectivity index (χ2v) is 4.07. The number of benzene rings is 2. The van der Waals surface area contributed by atoms with Crippen LogP contribution in [0.5, 0.6) is 0 Å². The summed E-state index contributed by atoms with van der Waals surface area (Å²) in [4.78, 5) is 11.7. The molecule has 2 aromatic carbocycles. The largest absolute Gasteiger partial charge is 0.375 e. The Morgan fingerprint density at radius 3 is 2.75 bits per heavy atom. The van der Waals surface area contributed by atoms with Crippen LogP contribution in [0.2, 0.25) is 0 Å². The number of hydrogen-bond acceptors (Lipinski definition) is 3. The van der Waals surface area contributed by atoms with Gasteiger partial charge < -0.3 is 10.6 Å². The number of nitrogens with one attached hydrogen (secondary N) is 2. The van der Waals surface area contributed by atoms with Gasteiger partial charge in [-0.05, 0) is 30.3 Å². The second kappa shape index (κ2) is 6.34. The number of hydrogen-bond donors (Lipinski definition) is 2. The molecule has 0 aliphatic rings. The number of carbonyl (C=O) groups excluding carboxylic acids is 1. The number of carbonyl (C=O) groups is 1. The van der Waals surface area contributed by atoms with E-state index in [9.17, 15) is 9.18 Å². The van der Waals surface area contributed by atoms with Crippen LogP contribution in [0.1, 0.15) is 5.56 Å². The van der Waals surface area contributed by atoms with E-state index >= 15 is 0 Å². The molecule has 0 atom stereocenters. The number of anilines is 2. The summed E-state index contributed by atoms with van der Waals surface area (Å²) in [6.45, 7) is -0.00476. The summed E-state index contributed by atoms with van der Waals surface area (Å²) < 4.78 is 13.0. The predicted molar refractivity (Wildman–Crippen MR) is 74.7 cm³/mol. The first-order valence-corrected chi connectivity index (χ1v) is 5.97. The third kappa shape index (κ3) is 3.56. The van der Waals surface area contributed by atoms with E-state index in [0.29, 0.717) is 16.9 Å². The molecular weight excluding hydrogens is 257 g/mol. The van der Waals surface area contributed by atoms with Gasteiger partial charge in [-0.1, -0.05) is 18.2 Å². The van der Waals surface area contributed by atoms with E-state index in [-0.39, 0.29) is 12.5 Å². The SMILES string of the molecule is N#Cc1ccccc1NCC(=O)Nc1cccc(F)c1. The summed E-state index contributed by atoms with van der Waals surface area (Å²) in [6, 6.07) is 14.6. The van der Waals surface area contributed by atoms with Crippen LogP contribution in [-0.2, 0) is 4.79 Å². The van der Waals surface area contributed by atoms with E-state index in [1.807, 2.05) is 6.07 Å². The fraction of sp³-hybridized carbons (Fsp3) is 0.0667. The number of para-hydroxylation sites is 1. The highest BCUT2D eigenvalue weighted by Crippen LogP contribution is 2.13. The maximum atomic E-state index is 13.0. The highest BCUT2D eigenvalue weighted by Gasteiger charge is 2.05. The van der Waals surface area contributed by atoms with Crippen molar-refractivity contribution in [1.29, 1.82) is 5.26 Å². The second-order valence-electron chi connectivity index (χ2n) is 4.07. The van der Waals surface area contributed by atoms with Gasteiger partial charge in [-0.3, -0.25) is 4.79 Å². The lowest BCUT2D eigenvalue weighted by molar-refractivity contribution is -0.114. The van der Waals surface area contributed by atoms with Crippen LogP contribution in [0.4, 0.5) is 15.8 Å². The van der Waals surface area contributed by atoms with Crippen LogP contribution in [0.15, 0.2) is 48.5 Å². The van der Waals surface area contributed by atoms with Crippen molar-refractivity contribution in [1.82, 2.24) is 0 Å². The third-order valence-electron chi connectivity index (χ3n) is 2.60. The normalized spacial score (nSPS) is 9.60. The first-order valence-electron chi connectivity index (χ1n) is 5.97. The number of nitriles is 1. The minimum atomic E-state index is -0.411. The van der Waals surface area contributed by atoms with Gasteiger partial charge in [-0.25, -0.2) is 4.39 Å². The lowest BCUT2D eigenvalue weighted by Crippen LogP contribution is -2.22. The van der Waals surface area contributed by atoms with Crippen molar-refractivity contribution in [2.24, 2.45) is 0 Å². The van der Waals surface area contributed by atoms with Crippen LogP contribution in [-0.4, -0.2) is 12.5 Å². The quantitative estimate of drug-likeness (QED) is 0.897. The van der Waals surface area contributed by atoms with Gasteiger partial charge in [0.05, 0.1) is 17.8 Å². The Morgan fingerprint density at radius 1 is 1.20 bits per heavy atom. The van der Waals surface area contributed by atoms with Crippen molar-refractivity contribution >= 4 is 17.3 Å². The zero-order chi connectivity index (χ0) is 14.4. The van der Waals surface area contributed by atoms with Crippen molar-refractivity contribution in [2.45, 2.75) is 0 Å². The Labute approximate surface area is 115 Å². The Kier molecular flexibility index (Phi) is 4.30. The summed E-state index contributed by atoms with van der Waals surface area (Å²) in [5.74, 6) is -0.728. The average molecular weight is 269 g/mol. The number of rotatable bonds is 4. The molecule has 0 heterocycles. The standard InChI is InChI=1S/C15H12FN3O/c16-12-5-3-6-13(8-12)19-15(20)10-18-14-7-2-1-4-11(14)9-17/h1-8,18H,10H2,(H,19,20). The van der Waals surface area contributed by atoms with Gasteiger partial charge >= 0.3 is 0 Å². The van der Waals surface area contributed by atoms with Crippen LogP contribution in [0.25, 0.3) is 0 Å². The fourth-order valence-electron chi connectivity index (χ4n) is 1.68. The van der Waals surface area contributed by atoms with E-state index in [1.54, 1.807) is 30.3 Å². The van der Waals surface area contributed by atoms with Crippen molar-refractivity contribution in [3.8, 4) is 6.07 Å².